The van der Waals surface area contributed by atoms with Gasteiger partial charge in [0.2, 0.25) is 0 Å². The molecule has 0 unspecified atom stereocenters. The summed E-state index contributed by atoms with van der Waals surface area (Å²) in [7, 11) is 0. The molecular weight excluding hydrogens is 276 g/mol. The molecule has 1 aliphatic heterocycles. The Morgan fingerprint density at radius 2 is 1.68 bits per heavy atom. The number of Topliss-reactive ketones (excluding diaryl/α,β-unsaturated/α-hetero) is 2. The quantitative estimate of drug-likeness (QED) is 0.348. The predicted octanol–water partition coefficient (Wildman–Crippen LogP) is 4.40. The maximum atomic E-state index is 12.5. The van der Waals surface area contributed by atoms with Crippen molar-refractivity contribution in [3.05, 3.63) is 56.5 Å². The number of hydrogen-bond donors (Lipinski definition) is 0. The van der Waals surface area contributed by atoms with Crippen LogP contribution in [0.3, 0.4) is 0 Å². The molecule has 4 heteroatoms. The lowest BCUT2D eigenvalue weighted by Gasteiger charge is -2.08. The highest BCUT2D eigenvalue weighted by atomic mass is 32.2. The molecule has 0 bridgehead atoms. The molecule has 1 aromatic rings. The molecule has 2 rings (SSSR count). The van der Waals surface area contributed by atoms with Crippen LogP contribution in [0.5, 0.6) is 0 Å². The van der Waals surface area contributed by atoms with E-state index in [9.17, 15) is 9.59 Å². The maximum absolute atomic E-state index is 12.5. The SMILES string of the molecule is CCCC(=O)C(C(=O)c1ccccc1)=C1SC=CS1. The lowest BCUT2D eigenvalue weighted by atomic mass is 9.99. The molecule has 19 heavy (non-hydrogen) atoms. The fourth-order valence-electron chi connectivity index (χ4n) is 1.74. The molecule has 0 amide bonds. The summed E-state index contributed by atoms with van der Waals surface area (Å²) in [5.41, 5.74) is 0.913. The minimum Gasteiger partial charge on any atom is -0.294 e. The van der Waals surface area contributed by atoms with Crippen LogP contribution >= 0.6 is 23.5 Å². The van der Waals surface area contributed by atoms with Crippen LogP contribution in [0.25, 0.3) is 0 Å². The van der Waals surface area contributed by atoms with Gasteiger partial charge in [0.1, 0.15) is 0 Å². The summed E-state index contributed by atoms with van der Waals surface area (Å²) in [6.07, 6.45) is 1.17. The fourth-order valence-corrected chi connectivity index (χ4v) is 3.64. The summed E-state index contributed by atoms with van der Waals surface area (Å²) < 4.78 is 0.798. The molecule has 0 aromatic heterocycles. The average molecular weight is 290 g/mol. The molecule has 1 heterocycles. The van der Waals surface area contributed by atoms with E-state index in [2.05, 4.69) is 0 Å². The van der Waals surface area contributed by atoms with Crippen LogP contribution in [-0.4, -0.2) is 11.6 Å². The summed E-state index contributed by atoms with van der Waals surface area (Å²) >= 11 is 2.90. The van der Waals surface area contributed by atoms with Crippen LogP contribution in [0.4, 0.5) is 0 Å². The first-order valence-electron chi connectivity index (χ1n) is 6.09. The normalized spacial score (nSPS) is 13.6. The Hall–Kier alpha value is -1.26. The molecule has 0 aliphatic carbocycles. The number of thioether (sulfide) groups is 2. The molecule has 0 N–H and O–H groups in total. The molecule has 2 nitrogen and oxygen atoms in total. The second kappa shape index (κ2) is 6.78. The van der Waals surface area contributed by atoms with Crippen molar-refractivity contribution in [2.75, 3.05) is 0 Å². The smallest absolute Gasteiger partial charge is 0.198 e. The van der Waals surface area contributed by atoms with Crippen molar-refractivity contribution in [2.45, 2.75) is 19.8 Å². The second-order valence-corrected chi connectivity index (χ2v) is 6.13. The topological polar surface area (TPSA) is 34.1 Å². The number of ketones is 2. The molecule has 0 fully saturated rings. The Morgan fingerprint density at radius 1 is 1.05 bits per heavy atom. The largest absolute Gasteiger partial charge is 0.294 e. The van der Waals surface area contributed by atoms with Crippen LogP contribution in [0.15, 0.2) is 51.0 Å². The van der Waals surface area contributed by atoms with Crippen molar-refractivity contribution in [1.29, 1.82) is 0 Å². The second-order valence-electron chi connectivity index (χ2n) is 4.04. The van der Waals surface area contributed by atoms with Gasteiger partial charge in [-0.2, -0.15) is 0 Å². The Labute approximate surface area is 121 Å². The van der Waals surface area contributed by atoms with Gasteiger partial charge in [0.25, 0.3) is 0 Å². The molecule has 0 saturated carbocycles. The van der Waals surface area contributed by atoms with Crippen molar-refractivity contribution >= 4 is 35.1 Å². The summed E-state index contributed by atoms with van der Waals surface area (Å²) in [4.78, 5) is 24.7. The highest BCUT2D eigenvalue weighted by Crippen LogP contribution is 2.41. The van der Waals surface area contributed by atoms with Gasteiger partial charge in [0.05, 0.1) is 9.81 Å². The minimum atomic E-state index is -0.169. The predicted molar refractivity (Wildman–Crippen MR) is 82.0 cm³/mol. The molecule has 0 radical (unpaired) electrons. The summed E-state index contributed by atoms with van der Waals surface area (Å²) in [5.74, 6) is -0.229. The van der Waals surface area contributed by atoms with Crippen molar-refractivity contribution in [1.82, 2.24) is 0 Å². The van der Waals surface area contributed by atoms with Crippen LogP contribution in [-0.2, 0) is 4.79 Å². The van der Waals surface area contributed by atoms with Gasteiger partial charge in [-0.05, 0) is 17.2 Å². The summed E-state index contributed by atoms with van der Waals surface area (Å²) in [6, 6.07) is 8.98. The van der Waals surface area contributed by atoms with Crippen molar-refractivity contribution in [3.63, 3.8) is 0 Å². The molecule has 98 valence electrons. The van der Waals surface area contributed by atoms with Crippen LogP contribution < -0.4 is 0 Å². The van der Waals surface area contributed by atoms with Gasteiger partial charge in [0.15, 0.2) is 11.6 Å². The summed E-state index contributed by atoms with van der Waals surface area (Å²) in [5, 5.41) is 3.80. The van der Waals surface area contributed by atoms with E-state index in [4.69, 9.17) is 0 Å². The monoisotopic (exact) mass is 290 g/mol. The standard InChI is InChI=1S/C15H14O2S2/c1-2-6-12(16)13(15-18-9-10-19-15)14(17)11-7-4-3-5-8-11/h3-5,7-10H,2,6H2,1H3. The number of rotatable bonds is 5. The lowest BCUT2D eigenvalue weighted by Crippen LogP contribution is -2.14. The van der Waals surface area contributed by atoms with E-state index in [-0.39, 0.29) is 11.6 Å². The molecular formula is C15H14O2S2. The van der Waals surface area contributed by atoms with E-state index in [1.165, 1.54) is 23.5 Å². The highest BCUT2D eigenvalue weighted by molar-refractivity contribution is 8.27. The highest BCUT2D eigenvalue weighted by Gasteiger charge is 2.24. The van der Waals surface area contributed by atoms with Gasteiger partial charge in [-0.15, -0.1) is 0 Å². The average Bonchev–Trinajstić information content (AvgIpc) is 2.94. The van der Waals surface area contributed by atoms with Crippen LogP contribution in [0, 0.1) is 0 Å². The fraction of sp³-hybridized carbons (Fsp3) is 0.200. The molecule has 0 saturated heterocycles. The van der Waals surface area contributed by atoms with E-state index in [1.807, 2.05) is 35.9 Å². The Bertz CT molecular complexity index is 535. The third kappa shape index (κ3) is 3.39. The van der Waals surface area contributed by atoms with Crippen LogP contribution in [0.2, 0.25) is 0 Å². The van der Waals surface area contributed by atoms with Gasteiger partial charge < -0.3 is 0 Å². The molecule has 1 aliphatic rings. The van der Waals surface area contributed by atoms with Crippen molar-refractivity contribution in [2.24, 2.45) is 0 Å². The van der Waals surface area contributed by atoms with Gasteiger partial charge >= 0.3 is 0 Å². The Morgan fingerprint density at radius 3 is 2.26 bits per heavy atom. The van der Waals surface area contributed by atoms with E-state index in [0.29, 0.717) is 17.6 Å². The zero-order valence-electron chi connectivity index (χ0n) is 10.6. The van der Waals surface area contributed by atoms with Gasteiger partial charge in [-0.25, -0.2) is 0 Å². The van der Waals surface area contributed by atoms with E-state index < -0.39 is 0 Å². The zero-order chi connectivity index (χ0) is 13.7. The number of allylic oxidation sites excluding steroid dienone is 1. The number of carbonyl (C=O) groups excluding carboxylic acids is 2. The third-order valence-electron chi connectivity index (χ3n) is 2.63. The molecule has 0 atom stereocenters. The Balaban J connectivity index is 2.36. The maximum Gasteiger partial charge on any atom is 0.198 e. The molecule has 1 aromatic carbocycles. The third-order valence-corrected chi connectivity index (χ3v) is 4.76. The Kier molecular flexibility index (Phi) is 5.05. The minimum absolute atomic E-state index is 0.0601. The first-order valence-corrected chi connectivity index (χ1v) is 7.85. The first kappa shape index (κ1) is 14.2. The van der Waals surface area contributed by atoms with Crippen molar-refractivity contribution < 1.29 is 9.59 Å². The van der Waals surface area contributed by atoms with E-state index in [0.717, 1.165) is 10.7 Å². The number of carbonyl (C=O) groups is 2. The first-order chi connectivity index (χ1) is 9.24. The van der Waals surface area contributed by atoms with E-state index in [1.54, 1.807) is 12.1 Å². The summed E-state index contributed by atoms with van der Waals surface area (Å²) in [6.45, 7) is 1.94. The number of benzene rings is 1. The van der Waals surface area contributed by atoms with E-state index >= 15 is 0 Å². The van der Waals surface area contributed by atoms with Gasteiger partial charge in [-0.3, -0.25) is 9.59 Å². The van der Waals surface area contributed by atoms with Gasteiger partial charge in [0, 0.05) is 12.0 Å². The lowest BCUT2D eigenvalue weighted by molar-refractivity contribution is -0.115. The molecule has 0 spiro atoms. The van der Waals surface area contributed by atoms with Gasteiger partial charge in [-0.1, -0.05) is 60.8 Å². The van der Waals surface area contributed by atoms with Crippen molar-refractivity contribution in [3.8, 4) is 0 Å². The zero-order valence-corrected chi connectivity index (χ0v) is 12.2. The number of hydrogen-bond acceptors (Lipinski definition) is 4. The van der Waals surface area contributed by atoms with Crippen LogP contribution in [0.1, 0.15) is 30.1 Å².